The van der Waals surface area contributed by atoms with Crippen LogP contribution in [0.25, 0.3) is 0 Å². The molecule has 2 saturated carbocycles. The van der Waals surface area contributed by atoms with Crippen molar-refractivity contribution >= 4 is 46.7 Å². The van der Waals surface area contributed by atoms with E-state index in [1.54, 1.807) is 30.3 Å². The lowest BCUT2D eigenvalue weighted by Gasteiger charge is -2.28. The van der Waals surface area contributed by atoms with Crippen molar-refractivity contribution in [2.24, 2.45) is 23.7 Å². The van der Waals surface area contributed by atoms with E-state index in [-0.39, 0.29) is 41.0 Å². The number of aryl methyl sites for hydroxylation is 1. The van der Waals surface area contributed by atoms with Gasteiger partial charge < -0.3 is 10.1 Å². The summed E-state index contributed by atoms with van der Waals surface area (Å²) in [5.41, 5.74) is 3.29. The molecule has 2 bridgehead atoms. The molecule has 1 heterocycles. The van der Waals surface area contributed by atoms with Crippen molar-refractivity contribution in [3.63, 3.8) is 0 Å². The van der Waals surface area contributed by atoms with Gasteiger partial charge in [0, 0.05) is 10.7 Å². The number of nitrogens with zero attached hydrogens (tertiary/aromatic N) is 1. The summed E-state index contributed by atoms with van der Waals surface area (Å²) in [5, 5.41) is 3.16. The molecule has 2 aliphatic carbocycles. The number of anilines is 2. The van der Waals surface area contributed by atoms with Crippen LogP contribution in [0.3, 0.4) is 0 Å². The van der Waals surface area contributed by atoms with E-state index in [1.807, 2.05) is 25.1 Å². The van der Waals surface area contributed by atoms with E-state index in [4.69, 9.17) is 16.3 Å². The van der Waals surface area contributed by atoms with Gasteiger partial charge in [-0.25, -0.2) is 4.79 Å². The Hall–Kier alpha value is -3.97. The van der Waals surface area contributed by atoms with E-state index in [9.17, 15) is 19.2 Å². The number of imide groups is 1. The lowest BCUT2D eigenvalue weighted by molar-refractivity contribution is -0.123. The summed E-state index contributed by atoms with van der Waals surface area (Å²) in [4.78, 5) is 52.9. The minimum atomic E-state index is -0.682. The maximum atomic E-state index is 13.5. The molecule has 8 heteroatoms. The first-order chi connectivity index (χ1) is 18.8. The maximum Gasteiger partial charge on any atom is 0.338 e. The Morgan fingerprint density at radius 1 is 0.949 bits per heavy atom. The van der Waals surface area contributed by atoms with Gasteiger partial charge >= 0.3 is 5.97 Å². The number of carbonyl (C=O) groups is 4. The number of fused-ring (bicyclic) bond motifs is 5. The van der Waals surface area contributed by atoms with Gasteiger partial charge in [-0.05, 0) is 85.0 Å². The van der Waals surface area contributed by atoms with Crippen LogP contribution in [0.1, 0.15) is 40.2 Å². The van der Waals surface area contributed by atoms with Crippen molar-refractivity contribution in [2.75, 3.05) is 16.8 Å². The highest BCUT2D eigenvalue weighted by Crippen LogP contribution is 2.61. The van der Waals surface area contributed by atoms with Gasteiger partial charge in [0.15, 0.2) is 6.61 Å². The summed E-state index contributed by atoms with van der Waals surface area (Å²) in [6.45, 7) is 1.39. The van der Waals surface area contributed by atoms with Gasteiger partial charge in [0.1, 0.15) is 0 Å². The van der Waals surface area contributed by atoms with Crippen LogP contribution in [-0.2, 0) is 19.1 Å². The Bertz CT molecular complexity index is 1470. The van der Waals surface area contributed by atoms with Gasteiger partial charge in [-0.1, -0.05) is 48.0 Å². The van der Waals surface area contributed by atoms with Crippen LogP contribution in [0, 0.1) is 30.6 Å². The highest BCUT2D eigenvalue weighted by Gasteiger charge is 2.64. The highest BCUT2D eigenvalue weighted by molar-refractivity contribution is 6.31. The molecule has 198 valence electrons. The molecule has 1 saturated heterocycles. The third-order valence-corrected chi connectivity index (χ3v) is 8.80. The summed E-state index contributed by atoms with van der Waals surface area (Å²) in [6, 6.07) is 21.5. The van der Waals surface area contributed by atoms with Crippen molar-refractivity contribution in [1.29, 1.82) is 0 Å². The van der Waals surface area contributed by atoms with Crippen LogP contribution in [0.4, 0.5) is 11.4 Å². The predicted octanol–water partition coefficient (Wildman–Crippen LogP) is 5.37. The molecule has 39 heavy (non-hydrogen) atoms. The average molecular weight is 543 g/mol. The van der Waals surface area contributed by atoms with E-state index in [0.717, 1.165) is 18.4 Å². The van der Waals surface area contributed by atoms with Crippen molar-refractivity contribution < 1.29 is 23.9 Å². The lowest BCUT2D eigenvalue weighted by atomic mass is 9.73. The third kappa shape index (κ3) is 4.51. The normalized spacial score (nSPS) is 25.1. The molecule has 3 aromatic rings. The molecule has 0 unspecified atom stereocenters. The molecule has 3 fully saturated rings. The van der Waals surface area contributed by atoms with E-state index < -0.39 is 18.5 Å². The van der Waals surface area contributed by atoms with Gasteiger partial charge in [-0.2, -0.15) is 0 Å². The topological polar surface area (TPSA) is 92.8 Å². The Morgan fingerprint density at radius 3 is 2.38 bits per heavy atom. The first-order valence-corrected chi connectivity index (χ1v) is 13.5. The number of ether oxygens (including phenoxy) is 1. The van der Waals surface area contributed by atoms with Gasteiger partial charge in [-0.3, -0.25) is 19.3 Å². The second-order valence-corrected chi connectivity index (χ2v) is 11.0. The lowest BCUT2D eigenvalue weighted by Crippen LogP contribution is -2.33. The minimum absolute atomic E-state index is 0.146. The molecule has 0 radical (unpaired) electrons. The van der Waals surface area contributed by atoms with Crippen LogP contribution < -0.4 is 10.2 Å². The number of esters is 1. The van der Waals surface area contributed by atoms with E-state index in [1.165, 1.54) is 22.6 Å². The molecular formula is C31H27ClN2O5. The summed E-state index contributed by atoms with van der Waals surface area (Å²) in [5.74, 6) is -1.37. The van der Waals surface area contributed by atoms with Crippen molar-refractivity contribution in [2.45, 2.75) is 25.7 Å². The summed E-state index contributed by atoms with van der Waals surface area (Å²) >= 11 is 6.08. The Morgan fingerprint density at radius 2 is 1.67 bits per heavy atom. The first-order valence-electron chi connectivity index (χ1n) is 13.1. The van der Waals surface area contributed by atoms with Gasteiger partial charge in [0.25, 0.3) is 5.91 Å². The number of benzene rings is 3. The molecule has 5 atom stereocenters. The molecule has 3 aliphatic rings. The molecule has 1 N–H and O–H groups in total. The third-order valence-electron chi connectivity index (χ3n) is 8.39. The standard InChI is InChI=1S/C31H27ClN2O5/c1-17-7-10-21(15-25(17)32)33-26(35)16-39-31(38)19-8-11-22(12-9-19)34-29(36)27-20-13-23(18-5-3-2-4-6-18)24(14-20)28(27)30(34)37/h2-12,15,20,23-24,27-28H,13-14,16H2,1H3,(H,33,35)/t20-,23+,24+,27+,28-/m0/s1. The van der Waals surface area contributed by atoms with Crippen LogP contribution in [0.5, 0.6) is 0 Å². The molecule has 0 aromatic heterocycles. The van der Waals surface area contributed by atoms with Crippen molar-refractivity contribution in [3.8, 4) is 0 Å². The van der Waals surface area contributed by atoms with E-state index >= 15 is 0 Å². The minimum Gasteiger partial charge on any atom is -0.452 e. The molecule has 6 rings (SSSR count). The van der Waals surface area contributed by atoms with Gasteiger partial charge in [-0.15, -0.1) is 0 Å². The molecule has 0 spiro atoms. The zero-order chi connectivity index (χ0) is 27.3. The van der Waals surface area contributed by atoms with E-state index in [0.29, 0.717) is 22.3 Å². The average Bonchev–Trinajstić information content (AvgIpc) is 3.61. The fraction of sp³-hybridized carbons (Fsp3) is 0.290. The summed E-state index contributed by atoms with van der Waals surface area (Å²) in [7, 11) is 0. The summed E-state index contributed by atoms with van der Waals surface area (Å²) < 4.78 is 5.14. The molecule has 3 amide bonds. The maximum absolute atomic E-state index is 13.5. The Labute approximate surface area is 231 Å². The fourth-order valence-electron chi connectivity index (χ4n) is 6.63. The Kier molecular flexibility index (Phi) is 6.47. The van der Waals surface area contributed by atoms with Crippen LogP contribution in [0.2, 0.25) is 5.02 Å². The number of amides is 3. The molecule has 7 nitrogen and oxygen atoms in total. The van der Waals surface area contributed by atoms with Crippen molar-refractivity contribution in [1.82, 2.24) is 0 Å². The quantitative estimate of drug-likeness (QED) is 0.334. The van der Waals surface area contributed by atoms with Crippen LogP contribution >= 0.6 is 11.6 Å². The van der Waals surface area contributed by atoms with Crippen LogP contribution in [0.15, 0.2) is 72.8 Å². The number of nitrogens with one attached hydrogen (secondary N) is 1. The first kappa shape index (κ1) is 25.3. The highest BCUT2D eigenvalue weighted by atomic mass is 35.5. The molecule has 3 aromatic carbocycles. The van der Waals surface area contributed by atoms with E-state index in [2.05, 4.69) is 17.4 Å². The zero-order valence-electron chi connectivity index (χ0n) is 21.3. The molecule has 1 aliphatic heterocycles. The smallest absolute Gasteiger partial charge is 0.338 e. The van der Waals surface area contributed by atoms with Gasteiger partial charge in [0.05, 0.1) is 23.1 Å². The second kappa shape index (κ2) is 9.97. The number of carbonyl (C=O) groups excluding carboxylic acids is 4. The van der Waals surface area contributed by atoms with Crippen molar-refractivity contribution in [3.05, 3.63) is 94.5 Å². The summed E-state index contributed by atoms with van der Waals surface area (Å²) in [6.07, 6.45) is 1.84. The SMILES string of the molecule is Cc1ccc(NC(=O)COC(=O)c2ccc(N3C(=O)[C@@H]4[C@@H]5C[C@@H]([C@@H]4C3=O)[C@@H](c3ccccc3)C5)cc2)cc1Cl. The molecular weight excluding hydrogens is 516 g/mol. The number of hydrogen-bond acceptors (Lipinski definition) is 5. The van der Waals surface area contributed by atoms with Gasteiger partial charge in [0.2, 0.25) is 11.8 Å². The fourth-order valence-corrected chi connectivity index (χ4v) is 6.81. The number of hydrogen-bond donors (Lipinski definition) is 1. The monoisotopic (exact) mass is 542 g/mol. The number of halogens is 1. The number of rotatable bonds is 6. The van der Waals surface area contributed by atoms with Crippen LogP contribution in [-0.4, -0.2) is 30.3 Å². The largest absolute Gasteiger partial charge is 0.452 e. The Balaban J connectivity index is 1.09. The zero-order valence-corrected chi connectivity index (χ0v) is 22.1. The second-order valence-electron chi connectivity index (χ2n) is 10.6. The predicted molar refractivity (Wildman–Crippen MR) is 146 cm³/mol.